The molecule has 0 aliphatic carbocycles. The monoisotopic (exact) mass is 450 g/mol. The summed E-state index contributed by atoms with van der Waals surface area (Å²) in [5.41, 5.74) is 1.71. The summed E-state index contributed by atoms with van der Waals surface area (Å²) in [6, 6.07) is 6.11. The first-order valence-electron chi connectivity index (χ1n) is 9.30. The third-order valence-corrected chi connectivity index (χ3v) is 4.84. The van der Waals surface area contributed by atoms with Crippen molar-refractivity contribution in [2.24, 2.45) is 0 Å². The Hall–Kier alpha value is -3.04. The molecular weight excluding hydrogens is 430 g/mol. The van der Waals surface area contributed by atoms with E-state index >= 15 is 0 Å². The Morgan fingerprint density at radius 1 is 1.23 bits per heavy atom. The average Bonchev–Trinajstić information content (AvgIpc) is 3.17. The van der Waals surface area contributed by atoms with Gasteiger partial charge < -0.3 is 14.8 Å². The smallest absolute Gasteiger partial charge is 0.255 e. The average molecular weight is 451 g/mol. The number of hydrogen-bond acceptors (Lipinski definition) is 5. The van der Waals surface area contributed by atoms with Gasteiger partial charge in [0.2, 0.25) is 0 Å². The van der Waals surface area contributed by atoms with Gasteiger partial charge >= 0.3 is 0 Å². The summed E-state index contributed by atoms with van der Waals surface area (Å²) >= 11 is 5.73. The van der Waals surface area contributed by atoms with Gasteiger partial charge in [-0.15, -0.1) is 11.6 Å². The van der Waals surface area contributed by atoms with Crippen molar-refractivity contribution in [3.05, 3.63) is 76.4 Å². The van der Waals surface area contributed by atoms with Gasteiger partial charge in [-0.1, -0.05) is 12.1 Å². The number of halogens is 3. The molecule has 0 aliphatic rings. The van der Waals surface area contributed by atoms with E-state index in [0.717, 1.165) is 0 Å². The predicted octanol–water partition coefficient (Wildman–Crippen LogP) is 3.43. The maximum atomic E-state index is 14.3. The highest BCUT2D eigenvalue weighted by Gasteiger charge is 2.18. The number of pyridine rings is 1. The topological polar surface area (TPSA) is 78.3 Å². The predicted molar refractivity (Wildman–Crippen MR) is 110 cm³/mol. The Labute approximate surface area is 182 Å². The summed E-state index contributed by atoms with van der Waals surface area (Å²) in [4.78, 5) is 16.6. The number of benzene rings is 1. The van der Waals surface area contributed by atoms with Crippen LogP contribution in [0.3, 0.4) is 0 Å². The van der Waals surface area contributed by atoms with Crippen molar-refractivity contribution in [1.82, 2.24) is 20.1 Å². The molecule has 10 heteroatoms. The van der Waals surface area contributed by atoms with Crippen LogP contribution in [0.2, 0.25) is 0 Å². The van der Waals surface area contributed by atoms with Crippen molar-refractivity contribution in [3.8, 4) is 5.75 Å². The van der Waals surface area contributed by atoms with E-state index in [9.17, 15) is 13.6 Å². The Morgan fingerprint density at radius 3 is 2.71 bits per heavy atom. The van der Waals surface area contributed by atoms with Crippen LogP contribution in [-0.2, 0) is 30.3 Å². The van der Waals surface area contributed by atoms with Gasteiger partial charge in [0, 0.05) is 37.0 Å². The molecule has 1 amide bonds. The molecule has 0 bridgehead atoms. The molecule has 0 unspecified atom stereocenters. The Morgan fingerprint density at radius 2 is 2.03 bits per heavy atom. The summed E-state index contributed by atoms with van der Waals surface area (Å²) in [6.07, 6.45) is 2.88. The summed E-state index contributed by atoms with van der Waals surface area (Å²) in [5, 5.41) is 6.94. The van der Waals surface area contributed by atoms with Crippen molar-refractivity contribution >= 4 is 17.5 Å². The molecule has 3 rings (SSSR count). The first kappa shape index (κ1) is 22.6. The SMILES string of the molecule is COCc1nn(Cc2ccc(CCl)cc2F)cc1C(=O)NCc1nccc(OC)c1F. The van der Waals surface area contributed by atoms with E-state index in [4.69, 9.17) is 21.1 Å². The zero-order valence-electron chi connectivity index (χ0n) is 17.0. The maximum absolute atomic E-state index is 14.3. The van der Waals surface area contributed by atoms with Gasteiger partial charge in [0.15, 0.2) is 11.6 Å². The van der Waals surface area contributed by atoms with E-state index in [0.29, 0.717) is 16.8 Å². The highest BCUT2D eigenvalue weighted by Crippen LogP contribution is 2.18. The van der Waals surface area contributed by atoms with Crippen LogP contribution < -0.4 is 10.1 Å². The Bertz CT molecular complexity index is 1070. The molecule has 1 N–H and O–H groups in total. The molecule has 1 aromatic carbocycles. The third-order valence-electron chi connectivity index (χ3n) is 4.53. The van der Waals surface area contributed by atoms with Gasteiger partial charge in [-0.2, -0.15) is 5.10 Å². The lowest BCUT2D eigenvalue weighted by Gasteiger charge is -2.08. The van der Waals surface area contributed by atoms with Gasteiger partial charge in [0.25, 0.3) is 5.91 Å². The molecule has 0 fully saturated rings. The fraction of sp³-hybridized carbons (Fsp3) is 0.286. The van der Waals surface area contributed by atoms with Crippen LogP contribution in [0.1, 0.15) is 32.9 Å². The number of amides is 1. The van der Waals surface area contributed by atoms with Crippen LogP contribution in [0, 0.1) is 11.6 Å². The molecule has 2 heterocycles. The molecule has 0 saturated heterocycles. The van der Waals surface area contributed by atoms with Gasteiger partial charge in [-0.05, 0) is 11.6 Å². The van der Waals surface area contributed by atoms with Crippen LogP contribution in [-0.4, -0.2) is 34.9 Å². The Kier molecular flexibility index (Phi) is 7.54. The first-order valence-corrected chi connectivity index (χ1v) is 9.84. The van der Waals surface area contributed by atoms with Crippen molar-refractivity contribution in [2.45, 2.75) is 25.6 Å². The zero-order valence-corrected chi connectivity index (χ0v) is 17.7. The van der Waals surface area contributed by atoms with Crippen LogP contribution in [0.5, 0.6) is 5.75 Å². The molecule has 7 nitrogen and oxygen atoms in total. The maximum Gasteiger partial charge on any atom is 0.255 e. The molecule has 0 spiro atoms. The normalized spacial score (nSPS) is 10.9. The standard InChI is InChI=1S/C21H21ClF2N4O3/c1-30-12-18-15(21(29)26-9-17-20(24)19(31-2)5-6-25-17)11-28(27-18)10-14-4-3-13(8-22)7-16(14)23/h3-7,11H,8-10,12H2,1-2H3,(H,26,29). The number of alkyl halides is 1. The van der Waals surface area contributed by atoms with Crippen LogP contribution in [0.15, 0.2) is 36.7 Å². The molecule has 31 heavy (non-hydrogen) atoms. The molecule has 0 atom stereocenters. The lowest BCUT2D eigenvalue weighted by atomic mass is 10.1. The number of aromatic nitrogens is 3. The van der Waals surface area contributed by atoms with Gasteiger partial charge in [0.1, 0.15) is 11.5 Å². The fourth-order valence-electron chi connectivity index (χ4n) is 2.96. The van der Waals surface area contributed by atoms with Crippen molar-refractivity contribution in [3.63, 3.8) is 0 Å². The quantitative estimate of drug-likeness (QED) is 0.505. The second-order valence-electron chi connectivity index (χ2n) is 6.64. The minimum absolute atomic E-state index is 0.0364. The molecule has 2 aromatic heterocycles. The highest BCUT2D eigenvalue weighted by atomic mass is 35.5. The molecule has 0 radical (unpaired) electrons. The van der Waals surface area contributed by atoms with Gasteiger partial charge in [0.05, 0.1) is 38.1 Å². The van der Waals surface area contributed by atoms with Crippen LogP contribution >= 0.6 is 11.6 Å². The van der Waals surface area contributed by atoms with Crippen LogP contribution in [0.4, 0.5) is 8.78 Å². The second-order valence-corrected chi connectivity index (χ2v) is 6.90. The van der Waals surface area contributed by atoms with E-state index in [1.165, 1.54) is 43.4 Å². The molecule has 3 aromatic rings. The number of carbonyl (C=O) groups excluding carboxylic acids is 1. The van der Waals surface area contributed by atoms with E-state index in [2.05, 4.69) is 15.4 Å². The van der Waals surface area contributed by atoms with Crippen molar-refractivity contribution < 1.29 is 23.0 Å². The van der Waals surface area contributed by atoms with Crippen molar-refractivity contribution in [2.75, 3.05) is 14.2 Å². The third kappa shape index (κ3) is 5.36. The summed E-state index contributed by atoms with van der Waals surface area (Å²) in [7, 11) is 2.82. The molecule has 164 valence electrons. The Balaban J connectivity index is 1.77. The minimum Gasteiger partial charge on any atom is -0.494 e. The molecular formula is C21H21ClF2N4O3. The summed E-state index contributed by atoms with van der Waals surface area (Å²) < 4.78 is 40.0. The van der Waals surface area contributed by atoms with E-state index in [1.807, 2.05) is 0 Å². The van der Waals surface area contributed by atoms with E-state index in [1.54, 1.807) is 12.1 Å². The number of rotatable bonds is 9. The number of carbonyl (C=O) groups is 1. The number of hydrogen-bond donors (Lipinski definition) is 1. The van der Waals surface area contributed by atoms with E-state index < -0.39 is 17.5 Å². The number of nitrogens with one attached hydrogen (secondary N) is 1. The highest BCUT2D eigenvalue weighted by molar-refractivity contribution is 6.17. The van der Waals surface area contributed by atoms with Crippen LogP contribution in [0.25, 0.3) is 0 Å². The van der Waals surface area contributed by atoms with Gasteiger partial charge in [-0.3, -0.25) is 14.5 Å². The first-order chi connectivity index (χ1) is 15.0. The largest absolute Gasteiger partial charge is 0.494 e. The number of ether oxygens (including phenoxy) is 2. The zero-order chi connectivity index (χ0) is 22.4. The number of nitrogens with zero attached hydrogens (tertiary/aromatic N) is 3. The lowest BCUT2D eigenvalue weighted by molar-refractivity contribution is 0.0945. The lowest BCUT2D eigenvalue weighted by Crippen LogP contribution is -2.24. The molecule has 0 saturated carbocycles. The number of methoxy groups -OCH3 is 2. The minimum atomic E-state index is -0.644. The summed E-state index contributed by atoms with van der Waals surface area (Å²) in [5.74, 6) is -1.29. The fourth-order valence-corrected chi connectivity index (χ4v) is 3.13. The summed E-state index contributed by atoms with van der Waals surface area (Å²) in [6.45, 7) is 0.0492. The molecule has 0 aliphatic heterocycles. The van der Waals surface area contributed by atoms with Gasteiger partial charge in [-0.25, -0.2) is 8.78 Å². The second kappa shape index (κ2) is 10.3. The van der Waals surface area contributed by atoms with Crippen molar-refractivity contribution in [1.29, 1.82) is 0 Å². The van der Waals surface area contributed by atoms with E-state index in [-0.39, 0.29) is 42.6 Å².